The van der Waals surface area contributed by atoms with Crippen LogP contribution in [-0.2, 0) is 4.79 Å². The number of nitrogens with zero attached hydrogens (tertiary/aromatic N) is 1. The first-order valence-corrected chi connectivity index (χ1v) is 7.53. The van der Waals surface area contributed by atoms with Crippen LogP contribution in [0.4, 0.5) is 11.4 Å². The summed E-state index contributed by atoms with van der Waals surface area (Å²) >= 11 is 0. The van der Waals surface area contributed by atoms with Gasteiger partial charge in [-0.3, -0.25) is 9.59 Å². The van der Waals surface area contributed by atoms with Crippen LogP contribution in [0.1, 0.15) is 23.2 Å². The Kier molecular flexibility index (Phi) is 4.28. The summed E-state index contributed by atoms with van der Waals surface area (Å²) in [5.41, 5.74) is 2.09. The van der Waals surface area contributed by atoms with E-state index in [1.165, 1.54) is 0 Å². The van der Waals surface area contributed by atoms with E-state index in [-0.39, 0.29) is 11.8 Å². The lowest BCUT2D eigenvalue weighted by molar-refractivity contribution is -0.117. The van der Waals surface area contributed by atoms with Crippen LogP contribution in [0.2, 0.25) is 0 Å². The lowest BCUT2D eigenvalue weighted by Gasteiger charge is -2.16. The van der Waals surface area contributed by atoms with Gasteiger partial charge in [0.05, 0.1) is 7.11 Å². The first-order valence-electron chi connectivity index (χ1n) is 7.53. The summed E-state index contributed by atoms with van der Waals surface area (Å²) in [5.74, 6) is 0.590. The Bertz CT molecular complexity index is 725. The Hall–Kier alpha value is -2.82. The molecule has 2 aromatic carbocycles. The molecular weight excluding hydrogens is 292 g/mol. The third-order valence-electron chi connectivity index (χ3n) is 3.84. The Labute approximate surface area is 134 Å². The third kappa shape index (κ3) is 3.34. The first kappa shape index (κ1) is 15.1. The Morgan fingerprint density at radius 1 is 1.17 bits per heavy atom. The summed E-state index contributed by atoms with van der Waals surface area (Å²) < 4.78 is 5.12. The van der Waals surface area contributed by atoms with E-state index in [1.54, 1.807) is 48.4 Å². The second-order valence-electron chi connectivity index (χ2n) is 5.38. The second-order valence-corrected chi connectivity index (χ2v) is 5.38. The number of amides is 2. The molecule has 1 fully saturated rings. The van der Waals surface area contributed by atoms with Crippen molar-refractivity contribution >= 4 is 23.2 Å². The Morgan fingerprint density at radius 2 is 1.96 bits per heavy atom. The molecule has 118 valence electrons. The predicted octanol–water partition coefficient (Wildman–Crippen LogP) is 3.07. The van der Waals surface area contributed by atoms with Crippen molar-refractivity contribution in [2.75, 3.05) is 23.9 Å². The molecule has 0 atom stereocenters. The maximum absolute atomic E-state index is 12.2. The van der Waals surface area contributed by atoms with Crippen molar-refractivity contribution < 1.29 is 14.3 Å². The summed E-state index contributed by atoms with van der Waals surface area (Å²) in [6, 6.07) is 14.3. The molecule has 1 N–H and O–H groups in total. The van der Waals surface area contributed by atoms with Crippen LogP contribution >= 0.6 is 0 Å². The normalized spacial score (nSPS) is 14.0. The highest BCUT2D eigenvalue weighted by atomic mass is 16.5. The number of ether oxygens (including phenoxy) is 1. The van der Waals surface area contributed by atoms with Gasteiger partial charge in [0.15, 0.2) is 0 Å². The van der Waals surface area contributed by atoms with Crippen molar-refractivity contribution in [3.05, 3.63) is 54.1 Å². The van der Waals surface area contributed by atoms with Gasteiger partial charge < -0.3 is 15.0 Å². The van der Waals surface area contributed by atoms with Gasteiger partial charge in [-0.25, -0.2) is 0 Å². The fourth-order valence-corrected chi connectivity index (χ4v) is 2.61. The molecule has 0 aromatic heterocycles. The number of nitrogens with one attached hydrogen (secondary N) is 1. The molecule has 0 saturated carbocycles. The highest BCUT2D eigenvalue weighted by Gasteiger charge is 2.21. The number of benzene rings is 2. The van der Waals surface area contributed by atoms with E-state index in [0.717, 1.165) is 18.7 Å². The fraction of sp³-hybridized carbons (Fsp3) is 0.222. The average Bonchev–Trinajstić information content (AvgIpc) is 3.01. The van der Waals surface area contributed by atoms with E-state index in [0.29, 0.717) is 23.4 Å². The van der Waals surface area contributed by atoms with Crippen molar-refractivity contribution in [1.82, 2.24) is 0 Å². The van der Waals surface area contributed by atoms with Gasteiger partial charge in [0.1, 0.15) is 5.75 Å². The minimum atomic E-state index is -0.200. The SMILES string of the molecule is COc1cccc(C(=O)Nc2ccc(N3CCCC3=O)cc2)c1. The number of anilines is 2. The van der Waals surface area contributed by atoms with Crippen molar-refractivity contribution in [1.29, 1.82) is 0 Å². The average molecular weight is 310 g/mol. The first-order chi connectivity index (χ1) is 11.2. The molecule has 0 bridgehead atoms. The summed E-state index contributed by atoms with van der Waals surface area (Å²) in [6.45, 7) is 0.758. The number of methoxy groups -OCH3 is 1. The molecule has 0 unspecified atom stereocenters. The number of carbonyl (C=O) groups excluding carboxylic acids is 2. The standard InChI is InChI=1S/C18H18N2O3/c1-23-16-5-2-4-13(12-16)18(22)19-14-7-9-15(10-8-14)20-11-3-6-17(20)21/h2,4-5,7-10,12H,3,6,11H2,1H3,(H,19,22). The number of carbonyl (C=O) groups is 2. The van der Waals surface area contributed by atoms with Gasteiger partial charge in [-0.15, -0.1) is 0 Å². The smallest absolute Gasteiger partial charge is 0.255 e. The molecule has 2 aromatic rings. The summed E-state index contributed by atoms with van der Waals surface area (Å²) in [7, 11) is 1.56. The molecule has 1 aliphatic rings. The topological polar surface area (TPSA) is 58.6 Å². The summed E-state index contributed by atoms with van der Waals surface area (Å²) in [4.78, 5) is 25.7. The number of hydrogen-bond acceptors (Lipinski definition) is 3. The molecule has 0 radical (unpaired) electrons. The largest absolute Gasteiger partial charge is 0.497 e. The monoisotopic (exact) mass is 310 g/mol. The Morgan fingerprint density at radius 3 is 2.61 bits per heavy atom. The molecule has 5 heteroatoms. The van der Waals surface area contributed by atoms with Crippen LogP contribution in [-0.4, -0.2) is 25.5 Å². The van der Waals surface area contributed by atoms with Gasteiger partial charge in [-0.1, -0.05) is 6.07 Å². The quantitative estimate of drug-likeness (QED) is 0.944. The van der Waals surface area contributed by atoms with Gasteiger partial charge in [-0.2, -0.15) is 0 Å². The lowest BCUT2D eigenvalue weighted by atomic mass is 10.2. The van der Waals surface area contributed by atoms with Gasteiger partial charge in [0, 0.05) is 29.9 Å². The zero-order valence-corrected chi connectivity index (χ0v) is 12.9. The highest BCUT2D eigenvalue weighted by Crippen LogP contribution is 2.23. The van der Waals surface area contributed by atoms with Crippen LogP contribution in [0.25, 0.3) is 0 Å². The summed E-state index contributed by atoms with van der Waals surface area (Å²) in [6.07, 6.45) is 1.50. The molecule has 1 heterocycles. The van der Waals surface area contributed by atoms with Crippen LogP contribution in [0.15, 0.2) is 48.5 Å². The van der Waals surface area contributed by atoms with Crippen molar-refractivity contribution in [2.45, 2.75) is 12.8 Å². The minimum absolute atomic E-state index is 0.151. The fourth-order valence-electron chi connectivity index (χ4n) is 2.61. The van der Waals surface area contributed by atoms with Crippen molar-refractivity contribution in [3.8, 4) is 5.75 Å². The zero-order chi connectivity index (χ0) is 16.2. The molecule has 2 amide bonds. The third-order valence-corrected chi connectivity index (χ3v) is 3.84. The van der Waals surface area contributed by atoms with E-state index >= 15 is 0 Å². The van der Waals surface area contributed by atoms with Gasteiger partial charge in [0.25, 0.3) is 5.91 Å². The Balaban J connectivity index is 1.70. The molecule has 5 nitrogen and oxygen atoms in total. The van der Waals surface area contributed by atoms with Gasteiger partial charge >= 0.3 is 0 Å². The summed E-state index contributed by atoms with van der Waals surface area (Å²) in [5, 5.41) is 2.84. The second kappa shape index (κ2) is 6.52. The van der Waals surface area contributed by atoms with Gasteiger partial charge in [0.2, 0.25) is 5.91 Å². The van der Waals surface area contributed by atoms with Crippen LogP contribution in [0, 0.1) is 0 Å². The molecular formula is C18H18N2O3. The molecule has 0 spiro atoms. The van der Waals surface area contributed by atoms with Crippen LogP contribution < -0.4 is 15.0 Å². The zero-order valence-electron chi connectivity index (χ0n) is 12.9. The number of hydrogen-bond donors (Lipinski definition) is 1. The predicted molar refractivity (Wildman–Crippen MR) is 89.0 cm³/mol. The maximum Gasteiger partial charge on any atom is 0.255 e. The van der Waals surface area contributed by atoms with Crippen molar-refractivity contribution in [2.24, 2.45) is 0 Å². The van der Waals surface area contributed by atoms with E-state index in [4.69, 9.17) is 4.74 Å². The molecule has 23 heavy (non-hydrogen) atoms. The minimum Gasteiger partial charge on any atom is -0.497 e. The lowest BCUT2D eigenvalue weighted by Crippen LogP contribution is -2.23. The molecule has 3 rings (SSSR count). The van der Waals surface area contributed by atoms with Crippen LogP contribution in [0.3, 0.4) is 0 Å². The van der Waals surface area contributed by atoms with E-state index in [9.17, 15) is 9.59 Å². The van der Waals surface area contributed by atoms with E-state index in [2.05, 4.69) is 5.32 Å². The highest BCUT2D eigenvalue weighted by molar-refractivity contribution is 6.04. The van der Waals surface area contributed by atoms with E-state index in [1.807, 2.05) is 12.1 Å². The molecule has 1 aliphatic heterocycles. The van der Waals surface area contributed by atoms with E-state index < -0.39 is 0 Å². The molecule has 0 aliphatic carbocycles. The van der Waals surface area contributed by atoms with Gasteiger partial charge in [-0.05, 0) is 48.9 Å². The maximum atomic E-state index is 12.2. The van der Waals surface area contributed by atoms with Crippen LogP contribution in [0.5, 0.6) is 5.75 Å². The van der Waals surface area contributed by atoms with Crippen molar-refractivity contribution in [3.63, 3.8) is 0 Å². The molecule has 1 saturated heterocycles. The number of rotatable bonds is 4.